The lowest BCUT2D eigenvalue weighted by atomic mass is 10.1. The molecule has 1 atom stereocenters. The fraction of sp³-hybridized carbons (Fsp3) is 0.684. The SMILES string of the molecule is CCCCCCCCCCNC(CCl)Cc1ccccc1. The summed E-state index contributed by atoms with van der Waals surface area (Å²) in [6.07, 6.45) is 12.0. The van der Waals surface area contributed by atoms with Gasteiger partial charge >= 0.3 is 0 Å². The van der Waals surface area contributed by atoms with E-state index in [1.165, 1.54) is 56.9 Å². The Hall–Kier alpha value is -0.530. The predicted molar refractivity (Wildman–Crippen MR) is 95.3 cm³/mol. The Morgan fingerprint density at radius 3 is 2.14 bits per heavy atom. The van der Waals surface area contributed by atoms with Crippen molar-refractivity contribution in [2.24, 2.45) is 0 Å². The molecule has 0 aliphatic heterocycles. The molecule has 0 radical (unpaired) electrons. The number of benzene rings is 1. The zero-order chi connectivity index (χ0) is 15.2. The van der Waals surface area contributed by atoms with Crippen molar-refractivity contribution in [1.29, 1.82) is 0 Å². The van der Waals surface area contributed by atoms with Gasteiger partial charge < -0.3 is 5.32 Å². The minimum absolute atomic E-state index is 0.402. The molecular formula is C19H32ClN. The fourth-order valence-corrected chi connectivity index (χ4v) is 2.86. The van der Waals surface area contributed by atoms with E-state index in [-0.39, 0.29) is 0 Å². The van der Waals surface area contributed by atoms with Gasteiger partial charge in [-0.1, -0.05) is 82.2 Å². The van der Waals surface area contributed by atoms with E-state index in [4.69, 9.17) is 11.6 Å². The van der Waals surface area contributed by atoms with Crippen LogP contribution in [-0.4, -0.2) is 18.5 Å². The average Bonchev–Trinajstić information content (AvgIpc) is 2.53. The van der Waals surface area contributed by atoms with Crippen LogP contribution in [0.25, 0.3) is 0 Å². The molecule has 0 heterocycles. The molecule has 0 saturated carbocycles. The first-order valence-electron chi connectivity index (χ1n) is 8.70. The Morgan fingerprint density at radius 1 is 0.905 bits per heavy atom. The number of unbranched alkanes of at least 4 members (excludes halogenated alkanes) is 7. The summed E-state index contributed by atoms with van der Waals surface area (Å²) in [5.41, 5.74) is 1.37. The number of alkyl halides is 1. The third kappa shape index (κ3) is 9.92. The zero-order valence-corrected chi connectivity index (χ0v) is 14.4. The predicted octanol–water partition coefficient (Wildman–Crippen LogP) is 5.57. The summed E-state index contributed by atoms with van der Waals surface area (Å²) in [5.74, 6) is 0.686. The zero-order valence-electron chi connectivity index (χ0n) is 13.6. The third-order valence-corrected chi connectivity index (χ3v) is 4.35. The van der Waals surface area contributed by atoms with Gasteiger partial charge in [-0.05, 0) is 24.9 Å². The highest BCUT2D eigenvalue weighted by atomic mass is 35.5. The van der Waals surface area contributed by atoms with Crippen molar-refractivity contribution in [2.75, 3.05) is 12.4 Å². The van der Waals surface area contributed by atoms with Crippen molar-refractivity contribution in [3.63, 3.8) is 0 Å². The first kappa shape index (κ1) is 18.5. The van der Waals surface area contributed by atoms with Gasteiger partial charge in [0.1, 0.15) is 0 Å². The number of hydrogen-bond donors (Lipinski definition) is 1. The van der Waals surface area contributed by atoms with Gasteiger partial charge in [-0.15, -0.1) is 11.6 Å². The molecule has 0 aliphatic carbocycles. The first-order chi connectivity index (χ1) is 10.4. The monoisotopic (exact) mass is 309 g/mol. The lowest BCUT2D eigenvalue weighted by Crippen LogP contribution is -2.33. The van der Waals surface area contributed by atoms with E-state index in [1.54, 1.807) is 0 Å². The minimum Gasteiger partial charge on any atom is -0.312 e. The third-order valence-electron chi connectivity index (χ3n) is 3.97. The van der Waals surface area contributed by atoms with E-state index in [0.717, 1.165) is 13.0 Å². The molecule has 0 aromatic heterocycles. The minimum atomic E-state index is 0.402. The van der Waals surface area contributed by atoms with Crippen LogP contribution in [0, 0.1) is 0 Å². The molecule has 1 rings (SSSR count). The van der Waals surface area contributed by atoms with Crippen molar-refractivity contribution in [2.45, 2.75) is 70.8 Å². The Labute approximate surface area is 136 Å². The summed E-state index contributed by atoms with van der Waals surface area (Å²) >= 11 is 6.07. The van der Waals surface area contributed by atoms with Crippen molar-refractivity contribution < 1.29 is 0 Å². The number of hydrogen-bond acceptors (Lipinski definition) is 1. The van der Waals surface area contributed by atoms with Crippen LogP contribution in [0.5, 0.6) is 0 Å². The summed E-state index contributed by atoms with van der Waals surface area (Å²) < 4.78 is 0. The second kappa shape index (κ2) is 13.2. The molecular weight excluding hydrogens is 278 g/mol. The maximum Gasteiger partial charge on any atom is 0.0380 e. The lowest BCUT2D eigenvalue weighted by Gasteiger charge is -2.16. The van der Waals surface area contributed by atoms with Crippen LogP contribution in [0.2, 0.25) is 0 Å². The van der Waals surface area contributed by atoms with Crippen molar-refractivity contribution in [3.8, 4) is 0 Å². The highest BCUT2D eigenvalue weighted by Crippen LogP contribution is 2.08. The van der Waals surface area contributed by atoms with Gasteiger partial charge in [-0.25, -0.2) is 0 Å². The smallest absolute Gasteiger partial charge is 0.0380 e. The number of halogens is 1. The molecule has 1 aromatic carbocycles. The molecule has 0 fully saturated rings. The van der Waals surface area contributed by atoms with E-state index in [1.807, 2.05) is 0 Å². The molecule has 0 spiro atoms. The van der Waals surface area contributed by atoms with Gasteiger partial charge in [0, 0.05) is 11.9 Å². The van der Waals surface area contributed by atoms with Crippen LogP contribution in [0.3, 0.4) is 0 Å². The molecule has 1 unspecified atom stereocenters. The van der Waals surface area contributed by atoms with Gasteiger partial charge in [-0.2, -0.15) is 0 Å². The average molecular weight is 310 g/mol. The maximum atomic E-state index is 6.07. The topological polar surface area (TPSA) is 12.0 Å². The van der Waals surface area contributed by atoms with Gasteiger partial charge in [0.15, 0.2) is 0 Å². The van der Waals surface area contributed by atoms with E-state index in [9.17, 15) is 0 Å². The Kier molecular flexibility index (Phi) is 11.6. The number of rotatable bonds is 13. The second-order valence-corrected chi connectivity index (χ2v) is 6.28. The van der Waals surface area contributed by atoms with Crippen molar-refractivity contribution in [3.05, 3.63) is 35.9 Å². The highest BCUT2D eigenvalue weighted by Gasteiger charge is 2.06. The van der Waals surface area contributed by atoms with Crippen LogP contribution in [0.15, 0.2) is 30.3 Å². The van der Waals surface area contributed by atoms with E-state index < -0.39 is 0 Å². The van der Waals surface area contributed by atoms with Crippen LogP contribution >= 0.6 is 11.6 Å². The molecule has 1 N–H and O–H groups in total. The Morgan fingerprint density at radius 2 is 1.52 bits per heavy atom. The molecule has 0 saturated heterocycles. The molecule has 120 valence electrons. The maximum absolute atomic E-state index is 6.07. The summed E-state index contributed by atoms with van der Waals surface area (Å²) in [6.45, 7) is 3.37. The first-order valence-corrected chi connectivity index (χ1v) is 9.23. The van der Waals surface area contributed by atoms with Crippen molar-refractivity contribution in [1.82, 2.24) is 5.32 Å². The summed E-state index contributed by atoms with van der Waals surface area (Å²) in [4.78, 5) is 0. The van der Waals surface area contributed by atoms with Crippen molar-refractivity contribution >= 4 is 11.6 Å². The molecule has 1 nitrogen and oxygen atoms in total. The summed E-state index contributed by atoms with van der Waals surface area (Å²) in [5, 5.41) is 3.60. The molecule has 2 heteroatoms. The largest absolute Gasteiger partial charge is 0.312 e. The van der Waals surface area contributed by atoms with E-state index >= 15 is 0 Å². The Bertz CT molecular complexity index is 326. The van der Waals surface area contributed by atoms with Gasteiger partial charge in [0.05, 0.1) is 0 Å². The van der Waals surface area contributed by atoms with Gasteiger partial charge in [0.2, 0.25) is 0 Å². The summed E-state index contributed by atoms with van der Waals surface area (Å²) in [7, 11) is 0. The molecule has 0 aliphatic rings. The molecule has 1 aromatic rings. The summed E-state index contributed by atoms with van der Waals surface area (Å²) in [6, 6.07) is 11.0. The highest BCUT2D eigenvalue weighted by molar-refractivity contribution is 6.18. The van der Waals surface area contributed by atoms with Crippen LogP contribution in [0.4, 0.5) is 0 Å². The second-order valence-electron chi connectivity index (χ2n) is 5.97. The normalized spacial score (nSPS) is 12.5. The number of nitrogens with one attached hydrogen (secondary N) is 1. The quantitative estimate of drug-likeness (QED) is 0.371. The standard InChI is InChI=1S/C19H32ClN/c1-2-3-4-5-6-7-8-12-15-21-19(17-20)16-18-13-10-9-11-14-18/h9-11,13-14,19,21H,2-8,12,15-17H2,1H3. The van der Waals surface area contributed by atoms with Crippen LogP contribution < -0.4 is 5.32 Å². The van der Waals surface area contributed by atoms with Gasteiger partial charge in [0.25, 0.3) is 0 Å². The Balaban J connectivity index is 2.00. The molecule has 0 amide bonds. The van der Waals surface area contributed by atoms with Crippen LogP contribution in [-0.2, 0) is 6.42 Å². The molecule has 0 bridgehead atoms. The van der Waals surface area contributed by atoms with E-state index in [0.29, 0.717) is 11.9 Å². The molecule has 21 heavy (non-hydrogen) atoms. The fourth-order valence-electron chi connectivity index (χ4n) is 2.64. The lowest BCUT2D eigenvalue weighted by molar-refractivity contribution is 0.510. The van der Waals surface area contributed by atoms with E-state index in [2.05, 4.69) is 42.6 Å². The van der Waals surface area contributed by atoms with Gasteiger partial charge in [-0.3, -0.25) is 0 Å². The van der Waals surface area contributed by atoms with Crippen LogP contribution in [0.1, 0.15) is 63.9 Å².